The molecule has 0 fully saturated rings. The zero-order valence-electron chi connectivity index (χ0n) is 24.9. The molecule has 4 N–H and O–H groups in total. The molecule has 12 nitrogen and oxygen atoms in total. The van der Waals surface area contributed by atoms with Gasteiger partial charge in [-0.1, -0.05) is 6.07 Å². The summed E-state index contributed by atoms with van der Waals surface area (Å²) in [7, 11) is 1.42. The van der Waals surface area contributed by atoms with Crippen LogP contribution in [0, 0.1) is 12.8 Å². The number of nitrogens with zero attached hydrogens (tertiary/aromatic N) is 3. The average Bonchev–Trinajstić information content (AvgIpc) is 3.01. The summed E-state index contributed by atoms with van der Waals surface area (Å²) in [6, 6.07) is 14.7. The number of aryl methyl sites for hydroxylation is 1. The van der Waals surface area contributed by atoms with E-state index in [0.717, 1.165) is 22.2 Å². The number of fused-ring (bicyclic) bond motifs is 1. The summed E-state index contributed by atoms with van der Waals surface area (Å²) in [4.78, 5) is 49.1. The highest BCUT2D eigenvalue weighted by Crippen LogP contribution is 2.31. The van der Waals surface area contributed by atoms with E-state index in [9.17, 15) is 24.6 Å². The molecule has 0 saturated heterocycles. The maximum Gasteiger partial charge on any atom is 0.314 e. The van der Waals surface area contributed by atoms with Gasteiger partial charge in [0.05, 0.1) is 24.0 Å². The number of carboxylic acids is 1. The number of aromatic nitrogens is 3. The van der Waals surface area contributed by atoms with Gasteiger partial charge < -0.3 is 30.3 Å². The predicted octanol–water partition coefficient (Wildman–Crippen LogP) is 4.49. The highest BCUT2D eigenvalue weighted by Gasteiger charge is 2.23. The average molecular weight is 632 g/mol. The molecule has 1 amide bonds. The number of pyridine rings is 1. The number of methoxy groups -OCH3 is 1. The molecular weight excluding hydrogens is 598 g/mol. The van der Waals surface area contributed by atoms with Crippen LogP contribution in [0.2, 0.25) is 0 Å². The van der Waals surface area contributed by atoms with Crippen molar-refractivity contribution in [3.05, 3.63) is 82.8 Å². The van der Waals surface area contributed by atoms with Gasteiger partial charge in [0.15, 0.2) is 0 Å². The van der Waals surface area contributed by atoms with E-state index in [0.29, 0.717) is 33.4 Å². The van der Waals surface area contributed by atoms with Crippen LogP contribution in [0.1, 0.15) is 23.7 Å². The summed E-state index contributed by atoms with van der Waals surface area (Å²) in [6.07, 6.45) is 4.85. The molecule has 234 valence electrons. The first kappa shape index (κ1) is 33.1. The number of thioether (sulfide) groups is 1. The number of amides is 1. The molecule has 13 heteroatoms. The minimum atomic E-state index is -1.19. The maximum atomic E-state index is 12.0. The molecule has 4 aromatic rings. The third-order valence-corrected chi connectivity index (χ3v) is 7.70. The lowest BCUT2D eigenvalue weighted by Crippen LogP contribution is -2.29. The molecular formula is C32H33N5O7S. The Morgan fingerprint density at radius 2 is 1.89 bits per heavy atom. The number of carbonyl (C=O) groups excluding carboxylic acids is 2. The third-order valence-electron chi connectivity index (χ3n) is 6.57. The standard InChI is InChI=1S/C32H33N5O7S/c1-19-10-22(6-9-29(19)44-24-7-5-23(15-38)33-13-24)37-31-26-12-21(4-8-28(26)35-18-36-31)11-25(14-34-30(40)16-43-3)45-17-27(20(2)39)32(41)42/h4-13,18,27,38H,14-17H2,1-3H3,(H,34,40)(H,41,42)(H,35,36,37)/b25-11+. The van der Waals surface area contributed by atoms with Crippen molar-refractivity contribution in [2.75, 3.05) is 31.3 Å². The molecule has 0 spiro atoms. The Bertz CT molecular complexity index is 1700. The second kappa shape index (κ2) is 15.7. The fourth-order valence-corrected chi connectivity index (χ4v) is 5.34. The fraction of sp³-hybridized carbons (Fsp3) is 0.250. The van der Waals surface area contributed by atoms with Crippen LogP contribution in [0.25, 0.3) is 17.0 Å². The first-order chi connectivity index (χ1) is 21.7. The molecule has 0 saturated carbocycles. The Morgan fingerprint density at radius 3 is 2.56 bits per heavy atom. The van der Waals surface area contributed by atoms with Gasteiger partial charge in [0.1, 0.15) is 42.0 Å². The van der Waals surface area contributed by atoms with E-state index in [1.807, 2.05) is 49.4 Å². The van der Waals surface area contributed by atoms with Crippen LogP contribution in [0.3, 0.4) is 0 Å². The van der Waals surface area contributed by atoms with Gasteiger partial charge >= 0.3 is 5.97 Å². The Hall–Kier alpha value is -4.85. The van der Waals surface area contributed by atoms with Gasteiger partial charge in [-0.05, 0) is 73.5 Å². The molecule has 1 unspecified atom stereocenters. The lowest BCUT2D eigenvalue weighted by Gasteiger charge is -2.14. The Balaban J connectivity index is 1.57. The summed E-state index contributed by atoms with van der Waals surface area (Å²) >= 11 is 1.19. The smallest absolute Gasteiger partial charge is 0.314 e. The molecule has 0 aliphatic heterocycles. The SMILES string of the molecule is COCC(=O)NC/C(=C\c1ccc2ncnc(Nc3ccc(Oc4ccc(CO)nc4)c(C)c3)c2c1)SCC(C(C)=O)C(=O)O. The normalized spacial score (nSPS) is 12.0. The van der Waals surface area contributed by atoms with Gasteiger partial charge in [-0.25, -0.2) is 9.97 Å². The second-order valence-electron chi connectivity index (χ2n) is 9.98. The van der Waals surface area contributed by atoms with Crippen molar-refractivity contribution in [2.24, 2.45) is 5.92 Å². The number of ketones is 1. The number of aliphatic hydroxyl groups excluding tert-OH is 1. The van der Waals surface area contributed by atoms with Gasteiger partial charge in [-0.2, -0.15) is 0 Å². The fourth-order valence-electron chi connectivity index (χ4n) is 4.18. The van der Waals surface area contributed by atoms with Crippen LogP contribution in [0.15, 0.2) is 66.0 Å². The van der Waals surface area contributed by atoms with E-state index in [4.69, 9.17) is 9.47 Å². The minimum Gasteiger partial charge on any atom is -0.481 e. The van der Waals surface area contributed by atoms with E-state index in [1.165, 1.54) is 32.1 Å². The molecule has 2 aromatic carbocycles. The van der Waals surface area contributed by atoms with Crippen molar-refractivity contribution in [2.45, 2.75) is 20.5 Å². The highest BCUT2D eigenvalue weighted by atomic mass is 32.2. The number of benzene rings is 2. The van der Waals surface area contributed by atoms with Gasteiger partial charge in [0.2, 0.25) is 5.91 Å². The number of ether oxygens (including phenoxy) is 2. The van der Waals surface area contributed by atoms with E-state index in [2.05, 4.69) is 25.6 Å². The van der Waals surface area contributed by atoms with Gasteiger partial charge in [0.25, 0.3) is 0 Å². The van der Waals surface area contributed by atoms with Crippen molar-refractivity contribution in [1.29, 1.82) is 0 Å². The molecule has 4 rings (SSSR count). The van der Waals surface area contributed by atoms with Crippen LogP contribution in [-0.2, 0) is 25.7 Å². The Kier molecular flexibility index (Phi) is 11.6. The lowest BCUT2D eigenvalue weighted by molar-refractivity contribution is -0.144. The zero-order valence-corrected chi connectivity index (χ0v) is 25.8. The number of carbonyl (C=O) groups is 3. The highest BCUT2D eigenvalue weighted by molar-refractivity contribution is 8.03. The summed E-state index contributed by atoms with van der Waals surface area (Å²) in [6.45, 7) is 3.03. The summed E-state index contributed by atoms with van der Waals surface area (Å²) in [5.74, 6) is -1.35. The number of aliphatic hydroxyl groups is 1. The van der Waals surface area contributed by atoms with E-state index >= 15 is 0 Å². The van der Waals surface area contributed by atoms with Crippen LogP contribution >= 0.6 is 11.8 Å². The second-order valence-corrected chi connectivity index (χ2v) is 11.1. The van der Waals surface area contributed by atoms with Crippen LogP contribution in [-0.4, -0.2) is 68.8 Å². The first-order valence-electron chi connectivity index (χ1n) is 13.8. The van der Waals surface area contributed by atoms with Gasteiger partial charge in [-0.3, -0.25) is 19.4 Å². The van der Waals surface area contributed by atoms with Crippen molar-refractivity contribution in [1.82, 2.24) is 20.3 Å². The van der Waals surface area contributed by atoms with Crippen molar-refractivity contribution >= 4 is 57.9 Å². The number of hydrogen-bond donors (Lipinski definition) is 4. The summed E-state index contributed by atoms with van der Waals surface area (Å²) in [5, 5.41) is 25.5. The summed E-state index contributed by atoms with van der Waals surface area (Å²) < 4.78 is 10.8. The van der Waals surface area contributed by atoms with Crippen LogP contribution in [0.5, 0.6) is 11.5 Å². The zero-order chi connectivity index (χ0) is 32.3. The van der Waals surface area contributed by atoms with Crippen LogP contribution < -0.4 is 15.4 Å². The number of carboxylic acid groups (broad SMARTS) is 1. The van der Waals surface area contributed by atoms with E-state index in [1.54, 1.807) is 18.3 Å². The molecule has 45 heavy (non-hydrogen) atoms. The number of anilines is 2. The molecule has 1 atom stereocenters. The number of hydrogen-bond acceptors (Lipinski definition) is 11. The Labute approximate surface area is 263 Å². The number of rotatable bonds is 15. The van der Waals surface area contributed by atoms with Gasteiger partial charge in [-0.15, -0.1) is 11.8 Å². The number of aliphatic carboxylic acids is 1. The first-order valence-corrected chi connectivity index (χ1v) is 14.8. The molecule has 0 aliphatic rings. The molecule has 0 bridgehead atoms. The predicted molar refractivity (Wildman–Crippen MR) is 171 cm³/mol. The number of nitrogens with one attached hydrogen (secondary N) is 2. The minimum absolute atomic E-state index is 0.0175. The van der Waals surface area contributed by atoms with Crippen LogP contribution in [0.4, 0.5) is 11.5 Å². The largest absolute Gasteiger partial charge is 0.481 e. The summed E-state index contributed by atoms with van der Waals surface area (Å²) in [5.41, 5.74) is 3.66. The topological polar surface area (TPSA) is 173 Å². The Morgan fingerprint density at radius 1 is 1.07 bits per heavy atom. The number of Topliss-reactive ketones (excluding diaryl/α,β-unsaturated/α-hetero) is 1. The third kappa shape index (κ3) is 9.32. The lowest BCUT2D eigenvalue weighted by atomic mass is 10.1. The van der Waals surface area contributed by atoms with Crippen molar-refractivity contribution in [3.8, 4) is 11.5 Å². The van der Waals surface area contributed by atoms with Crippen molar-refractivity contribution < 1.29 is 34.1 Å². The molecule has 2 heterocycles. The monoisotopic (exact) mass is 631 g/mol. The molecule has 0 radical (unpaired) electrons. The quantitative estimate of drug-likeness (QED) is 0.136. The maximum absolute atomic E-state index is 12.0. The molecule has 0 aliphatic carbocycles. The van der Waals surface area contributed by atoms with E-state index < -0.39 is 17.7 Å². The van der Waals surface area contributed by atoms with Crippen molar-refractivity contribution in [3.63, 3.8) is 0 Å². The molecule has 2 aromatic heterocycles. The van der Waals surface area contributed by atoms with Gasteiger partial charge in [0, 0.05) is 35.4 Å². The van der Waals surface area contributed by atoms with E-state index in [-0.39, 0.29) is 31.4 Å².